The van der Waals surface area contributed by atoms with E-state index in [-0.39, 0.29) is 12.5 Å². The molecule has 0 aliphatic rings. The van der Waals surface area contributed by atoms with Gasteiger partial charge in [-0.15, -0.1) is 0 Å². The van der Waals surface area contributed by atoms with Crippen molar-refractivity contribution in [1.29, 1.82) is 0 Å². The number of nitrogens with zero attached hydrogens (tertiary/aromatic N) is 2. The number of carbonyl (C=O) groups is 1. The van der Waals surface area contributed by atoms with Crippen LogP contribution in [-0.4, -0.2) is 28.5 Å². The fourth-order valence-electron chi connectivity index (χ4n) is 3.02. The molecule has 6 nitrogen and oxygen atoms in total. The first-order valence-corrected chi connectivity index (χ1v) is 9.64. The van der Waals surface area contributed by atoms with Gasteiger partial charge in [0.15, 0.2) is 11.4 Å². The number of benzene rings is 1. The fourth-order valence-corrected chi connectivity index (χ4v) is 3.02. The molecule has 3 rings (SSSR count). The zero-order valence-electron chi connectivity index (χ0n) is 16.6. The molecule has 0 aliphatic carbocycles. The number of fused-ring (bicyclic) bond motifs is 1. The summed E-state index contributed by atoms with van der Waals surface area (Å²) in [6, 6.07) is 13.9. The van der Waals surface area contributed by atoms with Crippen LogP contribution in [0.4, 0.5) is 5.82 Å². The average Bonchev–Trinajstić information content (AvgIpc) is 3.02. The van der Waals surface area contributed by atoms with E-state index in [2.05, 4.69) is 19.2 Å². The van der Waals surface area contributed by atoms with Crippen LogP contribution in [0.2, 0.25) is 0 Å². The van der Waals surface area contributed by atoms with Crippen molar-refractivity contribution in [2.24, 2.45) is 5.92 Å². The lowest BCUT2D eigenvalue weighted by Gasteiger charge is -2.10. The largest absolute Gasteiger partial charge is 0.485 e. The van der Waals surface area contributed by atoms with E-state index in [9.17, 15) is 4.79 Å². The number of carbonyl (C=O) groups excluding carboxylic acids is 1. The van der Waals surface area contributed by atoms with E-state index in [1.807, 2.05) is 53.1 Å². The molecule has 28 heavy (non-hydrogen) atoms. The van der Waals surface area contributed by atoms with Crippen LogP contribution < -0.4 is 10.1 Å². The van der Waals surface area contributed by atoms with Crippen LogP contribution in [0.15, 0.2) is 48.7 Å². The maximum Gasteiger partial charge on any atom is 0.325 e. The second-order valence-electron chi connectivity index (χ2n) is 7.00. The first-order valence-electron chi connectivity index (χ1n) is 9.64. The minimum absolute atomic E-state index is 0.0990. The van der Waals surface area contributed by atoms with E-state index >= 15 is 0 Å². The number of ether oxygens (including phenoxy) is 2. The van der Waals surface area contributed by atoms with Gasteiger partial charge in [-0.25, -0.2) is 4.98 Å². The van der Waals surface area contributed by atoms with E-state index in [0.717, 1.165) is 29.1 Å². The second kappa shape index (κ2) is 9.26. The summed E-state index contributed by atoms with van der Waals surface area (Å²) in [6.45, 7) is 7.02. The predicted molar refractivity (Wildman–Crippen MR) is 110 cm³/mol. The minimum Gasteiger partial charge on any atom is -0.485 e. The van der Waals surface area contributed by atoms with Gasteiger partial charge in [0, 0.05) is 6.20 Å². The number of hydrogen-bond acceptors (Lipinski definition) is 5. The lowest BCUT2D eigenvalue weighted by molar-refractivity contribution is -0.140. The van der Waals surface area contributed by atoms with Crippen LogP contribution in [0, 0.1) is 5.92 Å². The molecule has 0 atom stereocenters. The van der Waals surface area contributed by atoms with Gasteiger partial charge < -0.3 is 14.8 Å². The lowest BCUT2D eigenvalue weighted by Crippen LogP contribution is -2.18. The predicted octanol–water partition coefficient (Wildman–Crippen LogP) is 4.09. The first kappa shape index (κ1) is 19.7. The van der Waals surface area contributed by atoms with E-state index in [4.69, 9.17) is 14.5 Å². The molecular formula is C22H27N3O3. The third-order valence-corrected chi connectivity index (χ3v) is 4.23. The van der Waals surface area contributed by atoms with Crippen molar-refractivity contribution in [2.75, 3.05) is 18.5 Å². The molecule has 0 unspecified atom stereocenters. The van der Waals surface area contributed by atoms with Crippen LogP contribution in [0.25, 0.3) is 5.65 Å². The second-order valence-corrected chi connectivity index (χ2v) is 7.00. The van der Waals surface area contributed by atoms with Crippen molar-refractivity contribution in [1.82, 2.24) is 9.38 Å². The van der Waals surface area contributed by atoms with Gasteiger partial charge in [-0.1, -0.05) is 44.2 Å². The molecule has 1 N–H and O–H groups in total. The Morgan fingerprint density at radius 1 is 1.18 bits per heavy atom. The van der Waals surface area contributed by atoms with Crippen LogP contribution in [0.5, 0.6) is 5.75 Å². The molecule has 0 saturated heterocycles. The molecule has 0 amide bonds. The summed E-state index contributed by atoms with van der Waals surface area (Å²) in [5.41, 5.74) is 2.75. The van der Waals surface area contributed by atoms with Crippen molar-refractivity contribution < 1.29 is 14.3 Å². The average molecular weight is 381 g/mol. The van der Waals surface area contributed by atoms with E-state index in [1.165, 1.54) is 0 Å². The van der Waals surface area contributed by atoms with Gasteiger partial charge in [-0.2, -0.15) is 0 Å². The summed E-state index contributed by atoms with van der Waals surface area (Å²) in [4.78, 5) is 16.6. The Bertz CT molecular complexity index is 919. The minimum atomic E-state index is -0.288. The zero-order chi connectivity index (χ0) is 19.9. The third-order valence-electron chi connectivity index (χ3n) is 4.23. The normalized spacial score (nSPS) is 11.0. The van der Waals surface area contributed by atoms with Crippen LogP contribution in [-0.2, 0) is 22.6 Å². The Kier molecular flexibility index (Phi) is 6.53. The SMILES string of the molecule is CCOC(=O)CNc1c(CC(C)C)nc2c(OCc3ccccc3)cccn12. The van der Waals surface area contributed by atoms with Crippen molar-refractivity contribution in [3.63, 3.8) is 0 Å². The summed E-state index contributed by atoms with van der Waals surface area (Å²) in [6.07, 6.45) is 2.72. The number of rotatable bonds is 9. The molecule has 0 fully saturated rings. The highest BCUT2D eigenvalue weighted by atomic mass is 16.5. The maximum atomic E-state index is 11.8. The third kappa shape index (κ3) is 4.82. The van der Waals surface area contributed by atoms with Gasteiger partial charge in [-0.05, 0) is 37.0 Å². The number of hydrogen-bond donors (Lipinski definition) is 1. The summed E-state index contributed by atoms with van der Waals surface area (Å²) < 4.78 is 13.0. The highest BCUT2D eigenvalue weighted by Crippen LogP contribution is 2.27. The molecule has 148 valence electrons. The molecule has 6 heteroatoms. The number of anilines is 1. The van der Waals surface area contributed by atoms with E-state index in [0.29, 0.717) is 24.9 Å². The molecule has 0 radical (unpaired) electrons. The number of pyridine rings is 1. The maximum absolute atomic E-state index is 11.8. The van der Waals surface area contributed by atoms with Crippen LogP contribution in [0.1, 0.15) is 32.0 Å². The molecule has 3 aromatic rings. The number of nitrogens with one attached hydrogen (secondary N) is 1. The quantitative estimate of drug-likeness (QED) is 0.566. The van der Waals surface area contributed by atoms with Crippen LogP contribution in [0.3, 0.4) is 0 Å². The Morgan fingerprint density at radius 2 is 1.96 bits per heavy atom. The van der Waals surface area contributed by atoms with Gasteiger partial charge in [0.25, 0.3) is 0 Å². The van der Waals surface area contributed by atoms with Gasteiger partial charge in [0.2, 0.25) is 0 Å². The number of esters is 1. The lowest BCUT2D eigenvalue weighted by atomic mass is 10.1. The van der Waals surface area contributed by atoms with Gasteiger partial charge >= 0.3 is 5.97 Å². The Labute approximate surface area is 165 Å². The van der Waals surface area contributed by atoms with Gasteiger partial charge in [0.05, 0.1) is 12.3 Å². The Balaban J connectivity index is 1.88. The van der Waals surface area contributed by atoms with Crippen molar-refractivity contribution in [3.8, 4) is 5.75 Å². The van der Waals surface area contributed by atoms with Gasteiger partial charge in [0.1, 0.15) is 19.0 Å². The van der Waals surface area contributed by atoms with Crippen molar-refractivity contribution >= 4 is 17.4 Å². The smallest absolute Gasteiger partial charge is 0.325 e. The highest BCUT2D eigenvalue weighted by Gasteiger charge is 2.17. The summed E-state index contributed by atoms with van der Waals surface area (Å²) in [5.74, 6) is 1.66. The molecule has 2 heterocycles. The number of aromatic nitrogens is 2. The summed E-state index contributed by atoms with van der Waals surface area (Å²) in [7, 11) is 0. The first-order chi connectivity index (χ1) is 13.6. The van der Waals surface area contributed by atoms with Crippen molar-refractivity contribution in [2.45, 2.75) is 33.8 Å². The van der Waals surface area contributed by atoms with E-state index < -0.39 is 0 Å². The van der Waals surface area contributed by atoms with Crippen molar-refractivity contribution in [3.05, 3.63) is 59.9 Å². The van der Waals surface area contributed by atoms with Crippen LogP contribution >= 0.6 is 0 Å². The topological polar surface area (TPSA) is 64.9 Å². The van der Waals surface area contributed by atoms with Gasteiger partial charge in [-0.3, -0.25) is 9.20 Å². The Morgan fingerprint density at radius 3 is 2.68 bits per heavy atom. The molecule has 0 spiro atoms. The molecule has 0 aliphatic heterocycles. The molecular weight excluding hydrogens is 354 g/mol. The molecule has 0 bridgehead atoms. The highest BCUT2D eigenvalue weighted by molar-refractivity contribution is 5.75. The molecule has 2 aromatic heterocycles. The van der Waals surface area contributed by atoms with E-state index in [1.54, 1.807) is 6.92 Å². The zero-order valence-corrected chi connectivity index (χ0v) is 16.6. The monoisotopic (exact) mass is 381 g/mol. The standard InChI is InChI=1S/C22H27N3O3/c1-4-27-20(26)14-23-21-18(13-16(2)3)24-22-19(11-8-12-25(21)22)28-15-17-9-6-5-7-10-17/h5-12,16,23H,4,13-15H2,1-3H3. The number of imidazole rings is 1. The molecule has 0 saturated carbocycles. The summed E-state index contributed by atoms with van der Waals surface area (Å²) >= 11 is 0. The summed E-state index contributed by atoms with van der Waals surface area (Å²) in [5, 5.41) is 3.20. The fraction of sp³-hybridized carbons (Fsp3) is 0.364. The molecule has 1 aromatic carbocycles. The Hall–Kier alpha value is -3.02.